The molecule has 0 aromatic heterocycles. The van der Waals surface area contributed by atoms with Crippen molar-refractivity contribution in [3.63, 3.8) is 0 Å². The minimum atomic E-state index is -1.05. The van der Waals surface area contributed by atoms with Gasteiger partial charge in [-0.2, -0.15) is 0 Å². The number of amides is 1. The molecule has 2 aromatic rings. The normalized spacial score (nSPS) is 18.2. The van der Waals surface area contributed by atoms with E-state index < -0.39 is 17.6 Å². The van der Waals surface area contributed by atoms with Crippen LogP contribution in [0.2, 0.25) is 0 Å². The first-order chi connectivity index (χ1) is 12.8. The number of halogens is 3. The van der Waals surface area contributed by atoms with E-state index in [0.29, 0.717) is 12.0 Å². The van der Waals surface area contributed by atoms with E-state index in [1.807, 2.05) is 0 Å². The Morgan fingerprint density at radius 1 is 1.04 bits per heavy atom. The highest BCUT2D eigenvalue weighted by Gasteiger charge is 2.45. The quantitative estimate of drug-likeness (QED) is 0.800. The third-order valence-electron chi connectivity index (χ3n) is 4.67. The molecule has 0 aliphatic heterocycles. The monoisotopic (exact) mass is 377 g/mol. The van der Waals surface area contributed by atoms with E-state index in [4.69, 9.17) is 5.11 Å². The molecule has 2 atom stereocenters. The van der Waals surface area contributed by atoms with Gasteiger partial charge < -0.3 is 10.0 Å². The molecule has 0 saturated heterocycles. The molecule has 1 aliphatic rings. The summed E-state index contributed by atoms with van der Waals surface area (Å²) in [6, 6.07) is 9.26. The molecule has 27 heavy (non-hydrogen) atoms. The van der Waals surface area contributed by atoms with Gasteiger partial charge in [0.15, 0.2) is 11.6 Å². The number of nitrogens with zero attached hydrogens (tertiary/aromatic N) is 1. The van der Waals surface area contributed by atoms with E-state index in [1.165, 1.54) is 23.1 Å². The molecule has 2 aromatic carbocycles. The van der Waals surface area contributed by atoms with E-state index in [1.54, 1.807) is 12.1 Å². The molecule has 1 N–H and O–H groups in total. The third-order valence-corrected chi connectivity index (χ3v) is 4.67. The predicted molar refractivity (Wildman–Crippen MR) is 91.3 cm³/mol. The molecular weight excluding hydrogens is 359 g/mol. The number of carbonyl (C=O) groups is 2. The Hall–Kier alpha value is -2.83. The maximum atomic E-state index is 13.4. The van der Waals surface area contributed by atoms with Crippen molar-refractivity contribution in [2.45, 2.75) is 25.3 Å². The Morgan fingerprint density at radius 2 is 1.74 bits per heavy atom. The molecule has 1 aliphatic carbocycles. The van der Waals surface area contributed by atoms with E-state index in [9.17, 15) is 22.8 Å². The van der Waals surface area contributed by atoms with Crippen molar-refractivity contribution in [1.82, 2.24) is 4.90 Å². The number of rotatable bonds is 7. The fraction of sp³-hybridized carbons (Fsp3) is 0.300. The maximum absolute atomic E-state index is 13.4. The lowest BCUT2D eigenvalue weighted by Gasteiger charge is -2.22. The number of carbonyl (C=O) groups excluding carboxylic acids is 1. The van der Waals surface area contributed by atoms with Crippen molar-refractivity contribution in [2.24, 2.45) is 5.92 Å². The van der Waals surface area contributed by atoms with Gasteiger partial charge in [0, 0.05) is 19.0 Å². The largest absolute Gasteiger partial charge is 0.481 e. The number of carboxylic acid groups (broad SMARTS) is 1. The van der Waals surface area contributed by atoms with Crippen LogP contribution in [-0.2, 0) is 16.1 Å². The smallest absolute Gasteiger partial charge is 0.305 e. The number of benzene rings is 2. The number of aliphatic carboxylic acids is 1. The molecule has 142 valence electrons. The SMILES string of the molecule is O=C(O)CCN(Cc1ccc(F)c(F)c1)C(=O)C1CC1c1ccc(F)cc1. The summed E-state index contributed by atoms with van der Waals surface area (Å²) in [5.41, 5.74) is 1.23. The second-order valence-corrected chi connectivity index (χ2v) is 6.65. The summed E-state index contributed by atoms with van der Waals surface area (Å²) in [7, 11) is 0. The van der Waals surface area contributed by atoms with E-state index in [0.717, 1.165) is 17.7 Å². The summed E-state index contributed by atoms with van der Waals surface area (Å²) < 4.78 is 39.6. The van der Waals surface area contributed by atoms with Gasteiger partial charge in [0.1, 0.15) is 5.82 Å². The van der Waals surface area contributed by atoms with Gasteiger partial charge in [0.05, 0.1) is 6.42 Å². The van der Waals surface area contributed by atoms with Crippen LogP contribution in [0.5, 0.6) is 0 Å². The van der Waals surface area contributed by atoms with E-state index >= 15 is 0 Å². The average Bonchev–Trinajstić information content (AvgIpc) is 3.42. The first-order valence-electron chi connectivity index (χ1n) is 8.55. The Labute approximate surface area is 154 Å². The second kappa shape index (κ2) is 7.82. The number of hydrogen-bond donors (Lipinski definition) is 1. The van der Waals surface area contributed by atoms with Crippen LogP contribution in [-0.4, -0.2) is 28.4 Å². The first-order valence-corrected chi connectivity index (χ1v) is 8.55. The average molecular weight is 377 g/mol. The van der Waals surface area contributed by atoms with Crippen LogP contribution in [0.4, 0.5) is 13.2 Å². The van der Waals surface area contributed by atoms with Crippen LogP contribution in [0, 0.1) is 23.4 Å². The van der Waals surface area contributed by atoms with Crippen LogP contribution < -0.4 is 0 Å². The summed E-state index contributed by atoms with van der Waals surface area (Å²) >= 11 is 0. The standard InChI is InChI=1S/C20H18F3NO3/c21-14-4-2-13(3-5-14)15-10-16(15)20(27)24(8-7-19(25)26)11-12-1-6-17(22)18(23)9-12/h1-6,9,15-16H,7-8,10-11H2,(H,25,26). The van der Waals surface area contributed by atoms with Crippen molar-refractivity contribution in [2.75, 3.05) is 6.54 Å². The van der Waals surface area contributed by atoms with Gasteiger partial charge >= 0.3 is 5.97 Å². The first kappa shape index (κ1) is 18.9. The lowest BCUT2D eigenvalue weighted by molar-refractivity contribution is -0.139. The topological polar surface area (TPSA) is 57.6 Å². The van der Waals surface area contributed by atoms with Crippen LogP contribution in [0.15, 0.2) is 42.5 Å². The second-order valence-electron chi connectivity index (χ2n) is 6.65. The van der Waals surface area contributed by atoms with Crippen molar-refractivity contribution < 1.29 is 27.9 Å². The highest BCUT2D eigenvalue weighted by molar-refractivity contribution is 5.83. The molecule has 2 unspecified atom stereocenters. The minimum Gasteiger partial charge on any atom is -0.481 e. The summed E-state index contributed by atoms with van der Waals surface area (Å²) in [5.74, 6) is -4.03. The van der Waals surface area contributed by atoms with Crippen LogP contribution >= 0.6 is 0 Å². The molecule has 1 amide bonds. The summed E-state index contributed by atoms with van der Waals surface area (Å²) in [6.45, 7) is -0.0320. The Kier molecular flexibility index (Phi) is 5.48. The zero-order chi connectivity index (χ0) is 19.6. The van der Waals surface area contributed by atoms with Crippen LogP contribution in [0.3, 0.4) is 0 Å². The van der Waals surface area contributed by atoms with Crippen molar-refractivity contribution in [3.05, 3.63) is 71.0 Å². The van der Waals surface area contributed by atoms with Gasteiger partial charge in [-0.05, 0) is 47.7 Å². The molecule has 1 fully saturated rings. The zero-order valence-electron chi connectivity index (χ0n) is 14.4. The molecule has 0 heterocycles. The summed E-state index contributed by atoms with van der Waals surface area (Å²) in [4.78, 5) is 25.1. The van der Waals surface area contributed by atoms with Gasteiger partial charge in [-0.1, -0.05) is 18.2 Å². The molecule has 3 rings (SSSR count). The van der Waals surface area contributed by atoms with Gasteiger partial charge in [-0.15, -0.1) is 0 Å². The van der Waals surface area contributed by atoms with Crippen molar-refractivity contribution in [3.8, 4) is 0 Å². The van der Waals surface area contributed by atoms with E-state index in [2.05, 4.69) is 0 Å². The summed E-state index contributed by atoms with van der Waals surface area (Å²) in [6.07, 6.45) is 0.342. The van der Waals surface area contributed by atoms with Gasteiger partial charge in [-0.25, -0.2) is 13.2 Å². The number of carboxylic acids is 1. The van der Waals surface area contributed by atoms with Gasteiger partial charge in [0.25, 0.3) is 0 Å². The third kappa shape index (κ3) is 4.67. The molecule has 1 saturated carbocycles. The highest BCUT2D eigenvalue weighted by Crippen LogP contribution is 2.48. The molecule has 7 heteroatoms. The number of hydrogen-bond acceptors (Lipinski definition) is 2. The fourth-order valence-corrected chi connectivity index (χ4v) is 3.14. The van der Waals surface area contributed by atoms with Crippen molar-refractivity contribution >= 4 is 11.9 Å². The van der Waals surface area contributed by atoms with Crippen LogP contribution in [0.25, 0.3) is 0 Å². The van der Waals surface area contributed by atoms with Gasteiger partial charge in [0.2, 0.25) is 5.91 Å². The van der Waals surface area contributed by atoms with Crippen LogP contribution in [0.1, 0.15) is 29.9 Å². The Bertz CT molecular complexity index is 854. The Balaban J connectivity index is 1.72. The van der Waals surface area contributed by atoms with Crippen molar-refractivity contribution in [1.29, 1.82) is 0 Å². The molecule has 0 bridgehead atoms. The fourth-order valence-electron chi connectivity index (χ4n) is 3.14. The van der Waals surface area contributed by atoms with Gasteiger partial charge in [-0.3, -0.25) is 9.59 Å². The zero-order valence-corrected chi connectivity index (χ0v) is 14.4. The molecule has 4 nitrogen and oxygen atoms in total. The molecule has 0 radical (unpaired) electrons. The lowest BCUT2D eigenvalue weighted by Crippen LogP contribution is -2.34. The predicted octanol–water partition coefficient (Wildman–Crippen LogP) is 3.71. The molecular formula is C20H18F3NO3. The lowest BCUT2D eigenvalue weighted by atomic mass is 10.1. The Morgan fingerprint density at radius 3 is 2.37 bits per heavy atom. The molecule has 0 spiro atoms. The maximum Gasteiger partial charge on any atom is 0.305 e. The summed E-state index contributed by atoms with van der Waals surface area (Å²) in [5, 5.41) is 8.92. The minimum absolute atomic E-state index is 0.00402. The highest BCUT2D eigenvalue weighted by atomic mass is 19.2. The van der Waals surface area contributed by atoms with E-state index in [-0.39, 0.29) is 43.1 Å².